The normalized spacial score (nSPS) is 10.7. The van der Waals surface area contributed by atoms with Gasteiger partial charge < -0.3 is 9.47 Å². The van der Waals surface area contributed by atoms with Crippen LogP contribution in [0.15, 0.2) is 30.9 Å². The van der Waals surface area contributed by atoms with E-state index in [1.54, 1.807) is 20.8 Å². The van der Waals surface area contributed by atoms with E-state index in [0.29, 0.717) is 5.69 Å². The van der Waals surface area contributed by atoms with Crippen LogP contribution in [0.5, 0.6) is 0 Å². The molecule has 114 valence electrons. The zero-order valence-electron chi connectivity index (χ0n) is 12.2. The summed E-state index contributed by atoms with van der Waals surface area (Å²) in [6.07, 6.45) is 0.851. The first-order chi connectivity index (χ1) is 9.73. The Labute approximate surface area is 128 Å². The Balaban J connectivity index is 2.77. The van der Waals surface area contributed by atoms with Gasteiger partial charge in [0.15, 0.2) is 0 Å². The van der Waals surface area contributed by atoms with Crippen LogP contribution in [-0.2, 0) is 9.47 Å². The average Bonchev–Trinajstić information content (AvgIpc) is 2.36. The number of benzene rings is 1. The van der Waals surface area contributed by atoms with Gasteiger partial charge in [0.2, 0.25) is 0 Å². The first kappa shape index (κ1) is 17.0. The summed E-state index contributed by atoms with van der Waals surface area (Å²) in [4.78, 5) is 23.3. The van der Waals surface area contributed by atoms with Gasteiger partial charge in [-0.3, -0.25) is 5.32 Å². The van der Waals surface area contributed by atoms with Gasteiger partial charge in [0.05, 0.1) is 16.3 Å². The molecule has 0 aliphatic heterocycles. The predicted octanol–water partition coefficient (Wildman–Crippen LogP) is 4.03. The van der Waals surface area contributed by atoms with Crippen molar-refractivity contribution in [1.82, 2.24) is 0 Å². The summed E-state index contributed by atoms with van der Waals surface area (Å²) in [5.74, 6) is -0.513. The van der Waals surface area contributed by atoms with Crippen molar-refractivity contribution in [2.24, 2.45) is 0 Å². The molecule has 0 aliphatic carbocycles. The predicted molar refractivity (Wildman–Crippen MR) is 81.8 cm³/mol. The molecule has 21 heavy (non-hydrogen) atoms. The fourth-order valence-corrected chi connectivity index (χ4v) is 1.60. The molecule has 6 heteroatoms. The number of nitrogens with one attached hydrogen (secondary N) is 1. The molecule has 1 N–H and O–H groups in total. The molecule has 1 aromatic carbocycles. The van der Waals surface area contributed by atoms with E-state index in [0.717, 1.165) is 0 Å². The van der Waals surface area contributed by atoms with Crippen LogP contribution in [0.1, 0.15) is 31.1 Å². The smallest absolute Gasteiger partial charge is 0.412 e. The highest BCUT2D eigenvalue weighted by Crippen LogP contribution is 2.24. The fourth-order valence-electron chi connectivity index (χ4n) is 1.37. The molecule has 1 aromatic rings. The molecule has 0 saturated carbocycles. The second-order valence-electron chi connectivity index (χ2n) is 5.21. The van der Waals surface area contributed by atoms with Gasteiger partial charge in [0.1, 0.15) is 12.2 Å². The molecule has 0 unspecified atom stereocenters. The Bertz CT molecular complexity index is 549. The molecule has 0 aromatic heterocycles. The van der Waals surface area contributed by atoms with E-state index in [9.17, 15) is 9.59 Å². The van der Waals surface area contributed by atoms with E-state index >= 15 is 0 Å². The SMILES string of the molecule is C=CCOC(=O)c1ccc(NC(=O)OC(C)(C)C)c(Cl)c1. The molecule has 0 fully saturated rings. The van der Waals surface area contributed by atoms with Crippen LogP contribution in [0.4, 0.5) is 10.5 Å². The molecule has 5 nitrogen and oxygen atoms in total. The molecular formula is C15H18ClNO4. The molecule has 0 bridgehead atoms. The summed E-state index contributed by atoms with van der Waals surface area (Å²) < 4.78 is 10.0. The third-order valence-electron chi connectivity index (χ3n) is 2.17. The Morgan fingerprint density at radius 2 is 2.05 bits per heavy atom. The van der Waals surface area contributed by atoms with Gasteiger partial charge in [0.25, 0.3) is 0 Å². The molecule has 0 saturated heterocycles. The van der Waals surface area contributed by atoms with Gasteiger partial charge >= 0.3 is 12.1 Å². The third kappa shape index (κ3) is 5.87. The van der Waals surface area contributed by atoms with Gasteiger partial charge in [-0.2, -0.15) is 0 Å². The lowest BCUT2D eigenvalue weighted by Crippen LogP contribution is -2.27. The second-order valence-corrected chi connectivity index (χ2v) is 5.62. The lowest BCUT2D eigenvalue weighted by Gasteiger charge is -2.20. The number of hydrogen-bond donors (Lipinski definition) is 1. The minimum Gasteiger partial charge on any atom is -0.458 e. The van der Waals surface area contributed by atoms with Crippen LogP contribution < -0.4 is 5.32 Å². The van der Waals surface area contributed by atoms with Gasteiger partial charge in [-0.05, 0) is 39.0 Å². The zero-order valence-corrected chi connectivity index (χ0v) is 13.0. The highest BCUT2D eigenvalue weighted by molar-refractivity contribution is 6.34. The lowest BCUT2D eigenvalue weighted by molar-refractivity contribution is 0.0549. The third-order valence-corrected chi connectivity index (χ3v) is 2.49. The zero-order chi connectivity index (χ0) is 16.0. The lowest BCUT2D eigenvalue weighted by atomic mass is 10.2. The number of halogens is 1. The maximum Gasteiger partial charge on any atom is 0.412 e. The van der Waals surface area contributed by atoms with E-state index < -0.39 is 17.7 Å². The summed E-state index contributed by atoms with van der Waals surface area (Å²) in [5, 5.41) is 2.73. The van der Waals surface area contributed by atoms with Crippen LogP contribution in [-0.4, -0.2) is 24.3 Å². The number of ether oxygens (including phenoxy) is 2. The van der Waals surface area contributed by atoms with E-state index in [1.165, 1.54) is 24.3 Å². The Morgan fingerprint density at radius 1 is 1.38 bits per heavy atom. The van der Waals surface area contributed by atoms with E-state index in [2.05, 4.69) is 11.9 Å². The molecule has 0 radical (unpaired) electrons. The van der Waals surface area contributed by atoms with Crippen molar-refractivity contribution in [2.75, 3.05) is 11.9 Å². The fraction of sp³-hybridized carbons (Fsp3) is 0.333. The van der Waals surface area contributed by atoms with E-state index in [1.807, 2.05) is 0 Å². The molecule has 0 atom stereocenters. The number of esters is 1. The van der Waals surface area contributed by atoms with Crippen LogP contribution in [0, 0.1) is 0 Å². The number of carbonyl (C=O) groups is 2. The van der Waals surface area contributed by atoms with Crippen molar-refractivity contribution in [3.63, 3.8) is 0 Å². The quantitative estimate of drug-likeness (QED) is 0.673. The maximum atomic E-state index is 11.6. The maximum absolute atomic E-state index is 11.6. The topological polar surface area (TPSA) is 64.6 Å². The monoisotopic (exact) mass is 311 g/mol. The van der Waals surface area contributed by atoms with Crippen molar-refractivity contribution in [2.45, 2.75) is 26.4 Å². The Morgan fingerprint density at radius 3 is 2.57 bits per heavy atom. The molecule has 0 spiro atoms. The highest BCUT2D eigenvalue weighted by Gasteiger charge is 2.17. The van der Waals surface area contributed by atoms with Crippen molar-refractivity contribution in [3.8, 4) is 0 Å². The van der Waals surface area contributed by atoms with Crippen LogP contribution in [0.3, 0.4) is 0 Å². The van der Waals surface area contributed by atoms with Gasteiger partial charge in [-0.1, -0.05) is 24.3 Å². The number of amides is 1. The van der Waals surface area contributed by atoms with Gasteiger partial charge in [0, 0.05) is 0 Å². The summed E-state index contributed by atoms with van der Waals surface area (Å²) in [5.41, 5.74) is 0.0353. The molecule has 0 aliphatic rings. The minimum absolute atomic E-state index is 0.119. The highest BCUT2D eigenvalue weighted by atomic mass is 35.5. The molecule has 1 rings (SSSR count). The van der Waals surface area contributed by atoms with Crippen molar-refractivity contribution in [3.05, 3.63) is 41.4 Å². The van der Waals surface area contributed by atoms with Crippen molar-refractivity contribution < 1.29 is 19.1 Å². The van der Waals surface area contributed by atoms with Crippen molar-refractivity contribution >= 4 is 29.4 Å². The summed E-state index contributed by atoms with van der Waals surface area (Å²) in [6, 6.07) is 4.43. The second kappa shape index (κ2) is 7.13. The van der Waals surface area contributed by atoms with Crippen molar-refractivity contribution in [1.29, 1.82) is 0 Å². The largest absolute Gasteiger partial charge is 0.458 e. The van der Waals surface area contributed by atoms with Gasteiger partial charge in [-0.25, -0.2) is 9.59 Å². The van der Waals surface area contributed by atoms with Crippen LogP contribution in [0.25, 0.3) is 0 Å². The molecular weight excluding hydrogens is 294 g/mol. The Kier molecular flexibility index (Phi) is 5.79. The summed E-state index contributed by atoms with van der Waals surface area (Å²) in [7, 11) is 0. The van der Waals surface area contributed by atoms with Crippen LogP contribution in [0.2, 0.25) is 5.02 Å². The van der Waals surface area contributed by atoms with Gasteiger partial charge in [-0.15, -0.1) is 0 Å². The Hall–Kier alpha value is -2.01. The minimum atomic E-state index is -0.619. The van der Waals surface area contributed by atoms with Crippen LogP contribution >= 0.6 is 11.6 Å². The standard InChI is InChI=1S/C15H18ClNO4/c1-5-8-20-13(18)10-6-7-12(11(16)9-10)17-14(19)21-15(2,3)4/h5-7,9H,1,8H2,2-4H3,(H,17,19). The average molecular weight is 312 g/mol. The first-order valence-electron chi connectivity index (χ1n) is 6.30. The van der Waals surface area contributed by atoms with E-state index in [-0.39, 0.29) is 17.2 Å². The summed E-state index contributed by atoms with van der Waals surface area (Å²) in [6.45, 7) is 8.85. The van der Waals surface area contributed by atoms with E-state index in [4.69, 9.17) is 21.1 Å². The molecule has 0 heterocycles. The molecule has 1 amide bonds. The number of anilines is 1. The number of carbonyl (C=O) groups excluding carboxylic acids is 2. The summed E-state index contributed by atoms with van der Waals surface area (Å²) >= 11 is 6.02. The number of rotatable bonds is 4. The first-order valence-corrected chi connectivity index (χ1v) is 6.68. The number of hydrogen-bond acceptors (Lipinski definition) is 4.